The monoisotopic (exact) mass is 516 g/mol. The minimum absolute atomic E-state index is 0.0895. The summed E-state index contributed by atoms with van der Waals surface area (Å²) in [5.74, 6) is 0.963. The Morgan fingerprint density at radius 2 is 2.00 bits per heavy atom. The number of imidazole rings is 1. The molecule has 0 radical (unpaired) electrons. The summed E-state index contributed by atoms with van der Waals surface area (Å²) in [6.45, 7) is 4.82. The van der Waals surface area contributed by atoms with Gasteiger partial charge in [0.25, 0.3) is 0 Å². The fourth-order valence-corrected chi connectivity index (χ4v) is 5.01. The smallest absolute Gasteiger partial charge is 0.247 e. The second kappa shape index (κ2) is 11.1. The SMILES string of the molecule is CCCC(C(=O)Nc1cc(NC2C=NC2)ccc1C)n1cccc2nc(SCc3ccc(F)cc3)nc1-2. The van der Waals surface area contributed by atoms with Crippen molar-refractivity contribution in [3.63, 3.8) is 0 Å². The average Bonchev–Trinajstić information content (AvgIpc) is 3.30. The number of carbonyl (C=O) groups excluding carboxylic acids is 1. The van der Waals surface area contributed by atoms with Crippen LogP contribution in [0, 0.1) is 12.7 Å². The van der Waals surface area contributed by atoms with Gasteiger partial charge in [-0.25, -0.2) is 14.4 Å². The van der Waals surface area contributed by atoms with Gasteiger partial charge in [0.1, 0.15) is 17.6 Å². The van der Waals surface area contributed by atoms with E-state index in [-0.39, 0.29) is 17.8 Å². The van der Waals surface area contributed by atoms with Crippen LogP contribution in [-0.4, -0.2) is 39.2 Å². The zero-order valence-corrected chi connectivity index (χ0v) is 21.6. The van der Waals surface area contributed by atoms with Gasteiger partial charge in [0, 0.05) is 29.5 Å². The maximum Gasteiger partial charge on any atom is 0.247 e. The highest BCUT2D eigenvalue weighted by molar-refractivity contribution is 7.98. The van der Waals surface area contributed by atoms with Gasteiger partial charge in [-0.3, -0.25) is 9.79 Å². The van der Waals surface area contributed by atoms with Gasteiger partial charge < -0.3 is 15.2 Å². The van der Waals surface area contributed by atoms with Crippen molar-refractivity contribution in [2.75, 3.05) is 17.2 Å². The first-order valence-corrected chi connectivity index (χ1v) is 13.4. The highest BCUT2D eigenvalue weighted by Crippen LogP contribution is 2.31. The number of halogens is 1. The van der Waals surface area contributed by atoms with Crippen LogP contribution >= 0.6 is 11.8 Å². The summed E-state index contributed by atoms with van der Waals surface area (Å²) in [4.78, 5) is 27.1. The van der Waals surface area contributed by atoms with Gasteiger partial charge in [0.15, 0.2) is 11.0 Å². The standard InChI is InChI=1S/C28H29FN6OS/c1-3-5-25(27(36)32-24-14-21(12-7-18(24)2)31-22-15-30-16-22)35-13-4-6-23-26(35)34-28(33-23)37-17-19-8-10-20(29)11-9-19/h4,6-15,22,25,31H,3,5,16-17H2,1-2H3,(H,32,36). The Hall–Kier alpha value is -3.72. The van der Waals surface area contributed by atoms with Gasteiger partial charge in [-0.1, -0.05) is 43.3 Å². The van der Waals surface area contributed by atoms with E-state index >= 15 is 0 Å². The van der Waals surface area contributed by atoms with Crippen LogP contribution in [0.25, 0.3) is 11.5 Å². The number of aromatic nitrogens is 3. The maximum atomic E-state index is 13.6. The van der Waals surface area contributed by atoms with Crippen LogP contribution in [-0.2, 0) is 10.5 Å². The molecule has 5 rings (SSSR count). The average molecular weight is 517 g/mol. The molecule has 2 atom stereocenters. The van der Waals surface area contributed by atoms with E-state index in [2.05, 4.69) is 27.5 Å². The lowest BCUT2D eigenvalue weighted by atomic mass is 10.1. The molecule has 0 fully saturated rings. The molecule has 0 aliphatic carbocycles. The van der Waals surface area contributed by atoms with Crippen LogP contribution in [0.5, 0.6) is 0 Å². The van der Waals surface area contributed by atoms with Gasteiger partial charge in [-0.05, 0) is 60.9 Å². The molecule has 37 heavy (non-hydrogen) atoms. The summed E-state index contributed by atoms with van der Waals surface area (Å²) in [5.41, 5.74) is 4.45. The molecule has 2 N–H and O–H groups in total. The molecule has 2 aromatic carbocycles. The van der Waals surface area contributed by atoms with E-state index in [0.29, 0.717) is 23.2 Å². The number of aliphatic imine (C=N–C) groups is 1. The number of aryl methyl sites for hydroxylation is 1. The highest BCUT2D eigenvalue weighted by Gasteiger charge is 2.25. The summed E-state index contributed by atoms with van der Waals surface area (Å²) in [7, 11) is 0. The first kappa shape index (κ1) is 25.0. The third-order valence-electron chi connectivity index (χ3n) is 6.31. The molecule has 9 heteroatoms. The molecular formula is C28H29FN6OS. The number of thioether (sulfide) groups is 1. The minimum Gasteiger partial charge on any atom is -0.375 e. The zero-order valence-electron chi connectivity index (χ0n) is 20.8. The molecule has 190 valence electrons. The summed E-state index contributed by atoms with van der Waals surface area (Å²) >= 11 is 1.49. The summed E-state index contributed by atoms with van der Waals surface area (Å²) in [5, 5.41) is 7.19. The molecule has 2 unspecified atom stereocenters. The quantitative estimate of drug-likeness (QED) is 0.254. The Morgan fingerprint density at radius 3 is 2.73 bits per heavy atom. The van der Waals surface area contributed by atoms with Crippen molar-refractivity contribution in [2.45, 2.75) is 49.7 Å². The predicted octanol–water partition coefficient (Wildman–Crippen LogP) is 5.97. The van der Waals surface area contributed by atoms with E-state index in [4.69, 9.17) is 4.98 Å². The Bertz CT molecular complexity index is 1390. The predicted molar refractivity (Wildman–Crippen MR) is 147 cm³/mol. The molecule has 1 amide bonds. The topological polar surface area (TPSA) is 84.2 Å². The molecule has 3 aliphatic rings. The Morgan fingerprint density at radius 1 is 1.19 bits per heavy atom. The van der Waals surface area contributed by atoms with E-state index in [1.165, 1.54) is 23.9 Å². The second-order valence-corrected chi connectivity index (χ2v) is 10.1. The number of carbonyl (C=O) groups is 1. The lowest BCUT2D eigenvalue weighted by Crippen LogP contribution is -2.31. The normalized spacial score (nSPS) is 15.4. The third kappa shape index (κ3) is 5.83. The van der Waals surface area contributed by atoms with Crippen LogP contribution in [0.2, 0.25) is 0 Å². The Balaban J connectivity index is 1.35. The van der Waals surface area contributed by atoms with Gasteiger partial charge >= 0.3 is 0 Å². The molecule has 3 heterocycles. The molecule has 2 aromatic rings. The number of nitrogens with zero attached hydrogens (tertiary/aromatic N) is 4. The number of amides is 1. The summed E-state index contributed by atoms with van der Waals surface area (Å²) in [6, 6.07) is 16.0. The number of pyridine rings is 1. The molecule has 7 nitrogen and oxygen atoms in total. The minimum atomic E-state index is -0.435. The van der Waals surface area contributed by atoms with E-state index in [1.54, 1.807) is 12.1 Å². The largest absolute Gasteiger partial charge is 0.375 e. The molecule has 0 bridgehead atoms. The van der Waals surface area contributed by atoms with Crippen LogP contribution in [0.3, 0.4) is 0 Å². The lowest BCUT2D eigenvalue weighted by molar-refractivity contribution is -0.119. The van der Waals surface area contributed by atoms with Crippen LogP contribution in [0.1, 0.15) is 36.9 Å². The fraction of sp³-hybridized carbons (Fsp3) is 0.286. The van der Waals surface area contributed by atoms with Crippen molar-refractivity contribution in [2.24, 2.45) is 4.99 Å². The maximum absolute atomic E-state index is 13.6. The number of benzene rings is 2. The first-order chi connectivity index (χ1) is 18.0. The highest BCUT2D eigenvalue weighted by atomic mass is 32.2. The Labute approximate surface area is 220 Å². The van der Waals surface area contributed by atoms with Crippen molar-refractivity contribution < 1.29 is 9.18 Å². The molecule has 0 aromatic heterocycles. The number of anilines is 2. The number of rotatable bonds is 10. The molecule has 0 saturated heterocycles. The van der Waals surface area contributed by atoms with Crippen molar-refractivity contribution >= 4 is 35.3 Å². The fourth-order valence-electron chi connectivity index (χ4n) is 4.21. The van der Waals surface area contributed by atoms with Gasteiger partial charge in [0.05, 0.1) is 12.6 Å². The van der Waals surface area contributed by atoms with Gasteiger partial charge in [-0.2, -0.15) is 0 Å². The molecular weight excluding hydrogens is 487 g/mol. The first-order valence-electron chi connectivity index (χ1n) is 12.4. The molecule has 0 saturated carbocycles. The van der Waals surface area contributed by atoms with Crippen LogP contribution < -0.4 is 10.6 Å². The van der Waals surface area contributed by atoms with E-state index in [0.717, 1.165) is 41.2 Å². The molecule has 3 aliphatic heterocycles. The van der Waals surface area contributed by atoms with Crippen molar-refractivity contribution in [1.29, 1.82) is 0 Å². The number of fused-ring (bicyclic) bond motifs is 1. The van der Waals surface area contributed by atoms with Crippen molar-refractivity contribution in [1.82, 2.24) is 14.5 Å². The third-order valence-corrected chi connectivity index (χ3v) is 7.23. The van der Waals surface area contributed by atoms with Crippen molar-refractivity contribution in [3.05, 3.63) is 77.7 Å². The van der Waals surface area contributed by atoms with E-state index in [9.17, 15) is 9.18 Å². The number of hydrogen-bond donors (Lipinski definition) is 2. The number of hydrogen-bond acceptors (Lipinski definition) is 6. The lowest BCUT2D eigenvalue weighted by Gasteiger charge is -2.23. The van der Waals surface area contributed by atoms with Crippen LogP contribution in [0.4, 0.5) is 15.8 Å². The number of nitrogens with one attached hydrogen (secondary N) is 2. The van der Waals surface area contributed by atoms with E-state index in [1.807, 2.05) is 54.2 Å². The second-order valence-electron chi connectivity index (χ2n) is 9.13. The molecule has 0 spiro atoms. The van der Waals surface area contributed by atoms with E-state index < -0.39 is 6.04 Å². The van der Waals surface area contributed by atoms with Crippen LogP contribution in [0.15, 0.2) is 70.9 Å². The zero-order chi connectivity index (χ0) is 25.8. The summed E-state index contributed by atoms with van der Waals surface area (Å²) in [6.07, 6.45) is 5.28. The summed E-state index contributed by atoms with van der Waals surface area (Å²) < 4.78 is 15.1. The van der Waals surface area contributed by atoms with Crippen molar-refractivity contribution in [3.8, 4) is 11.5 Å². The van der Waals surface area contributed by atoms with Gasteiger partial charge in [-0.15, -0.1) is 0 Å². The Kier molecular flexibility index (Phi) is 7.50. The van der Waals surface area contributed by atoms with Gasteiger partial charge in [0.2, 0.25) is 5.91 Å².